The van der Waals surface area contributed by atoms with E-state index >= 15 is 0 Å². The minimum Gasteiger partial charge on any atom is -0.481 e. The van der Waals surface area contributed by atoms with Crippen molar-refractivity contribution in [2.75, 3.05) is 60.7 Å². The predicted octanol–water partition coefficient (Wildman–Crippen LogP) is 6.03. The number of carboxylic acids is 2. The highest BCUT2D eigenvalue weighted by Gasteiger charge is 2.25. The number of likely N-dealkylation sites (N-methyl/N-ethyl adjacent to an activating group) is 1. The van der Waals surface area contributed by atoms with Gasteiger partial charge >= 0.3 is 19.8 Å². The maximum absolute atomic E-state index is 12.2. The van der Waals surface area contributed by atoms with Gasteiger partial charge in [-0.15, -0.1) is 0 Å². The van der Waals surface area contributed by atoms with Gasteiger partial charge in [0.15, 0.2) is 0 Å². The van der Waals surface area contributed by atoms with E-state index in [4.69, 9.17) is 28.7 Å². The number of hydrogen-bond donors (Lipinski definition) is 3. The molecule has 0 bridgehead atoms. The number of rotatable bonds is 31. The van der Waals surface area contributed by atoms with Crippen molar-refractivity contribution in [1.82, 2.24) is 0 Å². The van der Waals surface area contributed by atoms with E-state index in [0.29, 0.717) is 37.1 Å². The smallest absolute Gasteiger partial charge is 0.472 e. The van der Waals surface area contributed by atoms with E-state index in [2.05, 4.69) is 0 Å². The number of aliphatic carboxylic acids is 2. The molecule has 41 heavy (non-hydrogen) atoms. The van der Waals surface area contributed by atoms with E-state index in [9.17, 15) is 19.0 Å². The molecular weight excluding hydrogens is 553 g/mol. The topological polar surface area (TPSA) is 149 Å². The Labute approximate surface area is 248 Å². The quantitative estimate of drug-likeness (QED) is 0.0481. The van der Waals surface area contributed by atoms with Crippen molar-refractivity contribution < 1.29 is 52.3 Å². The number of quaternary nitrogens is 1. The summed E-state index contributed by atoms with van der Waals surface area (Å²) in [5, 5.41) is 17.4. The number of nitrogens with zero attached hydrogens (tertiary/aromatic N) is 1. The highest BCUT2D eigenvalue weighted by Crippen LogP contribution is 2.43. The van der Waals surface area contributed by atoms with Crippen molar-refractivity contribution in [3.05, 3.63) is 0 Å². The Kier molecular flexibility index (Phi) is 24.8. The van der Waals surface area contributed by atoms with Crippen molar-refractivity contribution in [3.63, 3.8) is 0 Å². The zero-order chi connectivity index (χ0) is 30.8. The van der Waals surface area contributed by atoms with E-state index in [1.807, 2.05) is 21.1 Å². The second-order valence-corrected chi connectivity index (χ2v) is 13.2. The molecule has 244 valence electrons. The van der Waals surface area contributed by atoms with E-state index in [0.717, 1.165) is 38.5 Å². The fraction of sp³-hybridized carbons (Fsp3) is 0.931. The van der Waals surface area contributed by atoms with Gasteiger partial charge < -0.3 is 29.1 Å². The maximum atomic E-state index is 12.2. The fourth-order valence-electron chi connectivity index (χ4n) is 4.06. The monoisotopic (exact) mass is 612 g/mol. The molecule has 0 rings (SSSR count). The SMILES string of the molecule is C[N+](C)(C)CCOP(=O)(O)OC[C@@H](COCCCCCCCCCCCCCCCC(=O)O)OCCCCC(=O)O. The van der Waals surface area contributed by atoms with Crippen molar-refractivity contribution in [2.24, 2.45) is 0 Å². The number of phosphoric ester groups is 1. The first-order chi connectivity index (χ1) is 19.4. The van der Waals surface area contributed by atoms with Gasteiger partial charge in [0, 0.05) is 26.1 Å². The molecule has 0 aliphatic carbocycles. The van der Waals surface area contributed by atoms with E-state index < -0.39 is 25.9 Å². The van der Waals surface area contributed by atoms with Crippen molar-refractivity contribution >= 4 is 19.8 Å². The van der Waals surface area contributed by atoms with Crippen LogP contribution in [-0.2, 0) is 32.7 Å². The van der Waals surface area contributed by atoms with Crippen LogP contribution < -0.4 is 0 Å². The van der Waals surface area contributed by atoms with Gasteiger partial charge in [-0.3, -0.25) is 18.6 Å². The van der Waals surface area contributed by atoms with Crippen molar-refractivity contribution in [3.8, 4) is 0 Å². The Morgan fingerprint density at radius 3 is 1.56 bits per heavy atom. The summed E-state index contributed by atoms with van der Waals surface area (Å²) in [6.07, 6.45) is 15.7. The molecule has 0 saturated carbocycles. The Balaban J connectivity index is 3.97. The van der Waals surface area contributed by atoms with Gasteiger partial charge in [0.05, 0.1) is 34.4 Å². The Morgan fingerprint density at radius 2 is 1.07 bits per heavy atom. The Hall–Kier alpha value is -1.07. The normalized spacial score (nSPS) is 14.1. The van der Waals surface area contributed by atoms with Crippen LogP contribution in [0.3, 0.4) is 0 Å². The zero-order valence-corrected chi connectivity index (χ0v) is 26.8. The average Bonchev–Trinajstić information content (AvgIpc) is 2.87. The molecule has 0 aromatic carbocycles. The molecule has 0 spiro atoms. The van der Waals surface area contributed by atoms with Crippen LogP contribution in [0.25, 0.3) is 0 Å². The Bertz CT molecular complexity index is 702. The third-order valence-electron chi connectivity index (χ3n) is 6.56. The minimum absolute atomic E-state index is 0.0740. The molecule has 0 amide bonds. The summed E-state index contributed by atoms with van der Waals surface area (Å²) in [5.74, 6) is -1.55. The van der Waals surface area contributed by atoms with Gasteiger partial charge in [-0.25, -0.2) is 4.57 Å². The number of unbranched alkanes of at least 4 members (excludes halogenated alkanes) is 13. The van der Waals surface area contributed by atoms with Crippen molar-refractivity contribution in [2.45, 2.75) is 115 Å². The zero-order valence-electron chi connectivity index (χ0n) is 25.9. The summed E-state index contributed by atoms with van der Waals surface area (Å²) in [5.41, 5.74) is 0. The van der Waals surface area contributed by atoms with Crippen LogP contribution in [-0.4, -0.2) is 98.4 Å². The van der Waals surface area contributed by atoms with Gasteiger partial charge in [-0.05, 0) is 25.7 Å². The van der Waals surface area contributed by atoms with Crippen LogP contribution in [0.4, 0.5) is 0 Å². The first-order valence-electron chi connectivity index (χ1n) is 15.5. The first kappa shape index (κ1) is 39.9. The summed E-state index contributed by atoms with van der Waals surface area (Å²) >= 11 is 0. The van der Waals surface area contributed by atoms with E-state index in [1.165, 1.54) is 44.9 Å². The third kappa shape index (κ3) is 31.7. The van der Waals surface area contributed by atoms with Crippen molar-refractivity contribution in [1.29, 1.82) is 0 Å². The molecule has 0 aliphatic heterocycles. The Morgan fingerprint density at radius 1 is 0.634 bits per heavy atom. The highest BCUT2D eigenvalue weighted by molar-refractivity contribution is 7.47. The number of carboxylic acid groups (broad SMARTS) is 2. The predicted molar refractivity (Wildman–Crippen MR) is 159 cm³/mol. The second-order valence-electron chi connectivity index (χ2n) is 11.8. The molecule has 12 heteroatoms. The molecule has 1 unspecified atom stereocenters. The molecule has 0 saturated heterocycles. The molecule has 0 heterocycles. The molecule has 0 radical (unpaired) electrons. The molecule has 11 nitrogen and oxygen atoms in total. The lowest BCUT2D eigenvalue weighted by Crippen LogP contribution is -2.37. The molecule has 2 atom stereocenters. The van der Waals surface area contributed by atoms with Gasteiger partial charge in [0.2, 0.25) is 0 Å². The lowest BCUT2D eigenvalue weighted by atomic mass is 10.0. The summed E-state index contributed by atoms with van der Waals surface area (Å²) in [6, 6.07) is 0. The van der Waals surface area contributed by atoms with Gasteiger partial charge in [0.25, 0.3) is 0 Å². The minimum atomic E-state index is -4.21. The van der Waals surface area contributed by atoms with Crippen LogP contribution >= 0.6 is 7.82 Å². The standard InChI is InChI=1S/C29H58NO10P/c1-30(2,3)21-24-39-41(35,36)40-26-27(38-23-18-16-20-29(33)34)25-37-22-17-14-12-10-8-6-4-5-7-9-11-13-15-19-28(31)32/h27H,4-26H2,1-3H3,(H2-,31,32,33,34,35,36)/p+1/t27-/m1/s1. The molecule has 0 aromatic rings. The first-order valence-corrected chi connectivity index (χ1v) is 17.0. The van der Waals surface area contributed by atoms with E-state index in [-0.39, 0.29) is 32.7 Å². The van der Waals surface area contributed by atoms with Crippen LogP contribution in [0.1, 0.15) is 109 Å². The van der Waals surface area contributed by atoms with Crippen LogP contribution in [0.15, 0.2) is 0 Å². The van der Waals surface area contributed by atoms with Crippen LogP contribution in [0, 0.1) is 0 Å². The van der Waals surface area contributed by atoms with Gasteiger partial charge in [-0.1, -0.05) is 70.6 Å². The molecule has 0 aliphatic rings. The molecule has 0 fully saturated rings. The molecule has 0 aromatic heterocycles. The van der Waals surface area contributed by atoms with Gasteiger partial charge in [0.1, 0.15) is 19.3 Å². The fourth-order valence-corrected chi connectivity index (χ4v) is 4.80. The largest absolute Gasteiger partial charge is 0.481 e. The van der Waals surface area contributed by atoms with Crippen LogP contribution in [0.2, 0.25) is 0 Å². The number of ether oxygens (including phenoxy) is 2. The van der Waals surface area contributed by atoms with Crippen LogP contribution in [0.5, 0.6) is 0 Å². The van der Waals surface area contributed by atoms with E-state index in [1.54, 1.807) is 0 Å². The maximum Gasteiger partial charge on any atom is 0.472 e. The summed E-state index contributed by atoms with van der Waals surface area (Å²) < 4.78 is 34.5. The number of phosphoric acid groups is 1. The highest BCUT2D eigenvalue weighted by atomic mass is 31.2. The number of hydrogen-bond acceptors (Lipinski definition) is 7. The number of carbonyl (C=O) groups is 2. The lowest BCUT2D eigenvalue weighted by Gasteiger charge is -2.24. The average molecular weight is 613 g/mol. The summed E-state index contributed by atoms with van der Waals surface area (Å²) in [6.45, 7) is 1.60. The summed E-state index contributed by atoms with van der Waals surface area (Å²) in [7, 11) is 1.66. The molecular formula is C29H59NO10P+. The third-order valence-corrected chi connectivity index (χ3v) is 7.55. The lowest BCUT2D eigenvalue weighted by molar-refractivity contribution is -0.870. The second kappa shape index (κ2) is 25.4. The van der Waals surface area contributed by atoms with Gasteiger partial charge in [-0.2, -0.15) is 0 Å². The molecule has 3 N–H and O–H groups in total. The summed E-state index contributed by atoms with van der Waals surface area (Å²) in [4.78, 5) is 31.1.